The second-order valence-electron chi connectivity index (χ2n) is 9.72. The fraction of sp³-hybridized carbons (Fsp3) is 0.118. The van der Waals surface area contributed by atoms with Gasteiger partial charge in [0.15, 0.2) is 0 Å². The van der Waals surface area contributed by atoms with Crippen LogP contribution in [0.25, 0.3) is 6.08 Å². The van der Waals surface area contributed by atoms with Crippen LogP contribution in [0.15, 0.2) is 114 Å². The molecule has 0 heterocycles. The van der Waals surface area contributed by atoms with E-state index in [1.165, 1.54) is 36.0 Å². The molecule has 0 spiro atoms. The molecule has 0 fully saturated rings. The minimum Gasteiger partial charge on any atom is -0.462 e. The number of esters is 1. The van der Waals surface area contributed by atoms with Crippen LogP contribution in [0.3, 0.4) is 0 Å². The first-order chi connectivity index (χ1) is 22.1. The molecule has 0 saturated carbocycles. The third kappa shape index (κ3) is 9.13. The number of amides is 3. The van der Waals surface area contributed by atoms with Crippen molar-refractivity contribution in [3.63, 3.8) is 0 Å². The van der Waals surface area contributed by atoms with Gasteiger partial charge in [0.2, 0.25) is 5.91 Å². The molecule has 0 aromatic heterocycles. The number of nitro groups is 1. The fourth-order valence-corrected chi connectivity index (χ4v) is 4.96. The Hall–Kier alpha value is -5.75. The number of nitrogens with one attached hydrogen (secondary N) is 3. The summed E-state index contributed by atoms with van der Waals surface area (Å²) in [5.41, 5.74) is 1.34. The molecule has 0 radical (unpaired) electrons. The van der Waals surface area contributed by atoms with Gasteiger partial charge in [-0.05, 0) is 86.7 Å². The number of nitrogens with zero attached hydrogens (tertiary/aromatic N) is 1. The van der Waals surface area contributed by atoms with E-state index in [1.54, 1.807) is 98.8 Å². The Labute approximate surface area is 269 Å². The molecule has 0 bridgehead atoms. The molecule has 3 amide bonds. The fourth-order valence-electron chi connectivity index (χ4n) is 4.09. The highest BCUT2D eigenvalue weighted by molar-refractivity contribution is 8.00. The van der Waals surface area contributed by atoms with Crippen molar-refractivity contribution in [1.29, 1.82) is 0 Å². The van der Waals surface area contributed by atoms with Crippen molar-refractivity contribution >= 4 is 58.6 Å². The standard InChI is InChI=1S/C34H30N4O7S/c1-3-45-34(42)24-13-15-26(16-14-24)35-31(39)22(2)46-28-19-17-27(18-20-28)36-33(41)29(37-32(40)23-9-5-4-6-10-23)21-25-11-7-8-12-30(25)38(43)44/h4-22H,3H2,1-2H3,(H,35,39)(H,36,41)(H,37,40)/b29-21-. The summed E-state index contributed by atoms with van der Waals surface area (Å²) in [4.78, 5) is 62.6. The SMILES string of the molecule is CCOC(=O)c1ccc(NC(=O)C(C)Sc2ccc(NC(=O)/C(=C/c3ccccc3[N+](=O)[O-])NC(=O)c3ccccc3)cc2)cc1. The van der Waals surface area contributed by atoms with Crippen LogP contribution in [-0.2, 0) is 14.3 Å². The number of anilines is 2. The number of benzene rings is 4. The number of thioether (sulfide) groups is 1. The number of carbonyl (C=O) groups is 4. The average Bonchev–Trinajstić information content (AvgIpc) is 3.06. The van der Waals surface area contributed by atoms with Crippen molar-refractivity contribution in [2.24, 2.45) is 0 Å². The summed E-state index contributed by atoms with van der Waals surface area (Å²) >= 11 is 1.30. The lowest BCUT2D eigenvalue weighted by Crippen LogP contribution is -2.30. The van der Waals surface area contributed by atoms with Gasteiger partial charge < -0.3 is 20.7 Å². The summed E-state index contributed by atoms with van der Waals surface area (Å²) in [6.45, 7) is 3.74. The maximum Gasteiger partial charge on any atom is 0.338 e. The molecule has 3 N–H and O–H groups in total. The van der Waals surface area contributed by atoms with Crippen LogP contribution in [0.1, 0.15) is 40.1 Å². The molecule has 0 aliphatic carbocycles. The zero-order valence-corrected chi connectivity index (χ0v) is 25.7. The second kappa shape index (κ2) is 15.8. The van der Waals surface area contributed by atoms with Gasteiger partial charge in [0.05, 0.1) is 27.9 Å². The minimum atomic E-state index is -0.690. The molecule has 12 heteroatoms. The second-order valence-corrected chi connectivity index (χ2v) is 11.1. The lowest BCUT2D eigenvalue weighted by molar-refractivity contribution is -0.385. The van der Waals surface area contributed by atoms with E-state index in [9.17, 15) is 29.3 Å². The van der Waals surface area contributed by atoms with Gasteiger partial charge in [0, 0.05) is 27.9 Å². The van der Waals surface area contributed by atoms with Gasteiger partial charge in [-0.25, -0.2) is 4.79 Å². The van der Waals surface area contributed by atoms with E-state index in [-0.39, 0.29) is 29.5 Å². The summed E-state index contributed by atoms with van der Waals surface area (Å²) in [7, 11) is 0. The van der Waals surface area contributed by atoms with Crippen LogP contribution in [-0.4, -0.2) is 40.5 Å². The highest BCUT2D eigenvalue weighted by atomic mass is 32.2. The number of hydrogen-bond donors (Lipinski definition) is 3. The molecule has 4 rings (SSSR count). The van der Waals surface area contributed by atoms with Crippen molar-refractivity contribution in [2.75, 3.05) is 17.2 Å². The van der Waals surface area contributed by atoms with Gasteiger partial charge in [0.25, 0.3) is 17.5 Å². The van der Waals surface area contributed by atoms with Crippen molar-refractivity contribution in [1.82, 2.24) is 5.32 Å². The Balaban J connectivity index is 1.43. The van der Waals surface area contributed by atoms with Gasteiger partial charge in [-0.3, -0.25) is 24.5 Å². The van der Waals surface area contributed by atoms with Crippen molar-refractivity contribution < 1.29 is 28.8 Å². The first-order valence-corrected chi connectivity index (χ1v) is 15.0. The predicted octanol–water partition coefficient (Wildman–Crippen LogP) is 6.30. The van der Waals surface area contributed by atoms with Gasteiger partial charge in [-0.1, -0.05) is 30.3 Å². The van der Waals surface area contributed by atoms with Crippen LogP contribution in [0, 0.1) is 10.1 Å². The number of hydrogen-bond acceptors (Lipinski definition) is 8. The van der Waals surface area contributed by atoms with Gasteiger partial charge in [-0.2, -0.15) is 0 Å². The predicted molar refractivity (Wildman–Crippen MR) is 176 cm³/mol. The molecule has 4 aromatic carbocycles. The zero-order valence-electron chi connectivity index (χ0n) is 24.9. The Morgan fingerprint density at radius 1 is 0.826 bits per heavy atom. The summed E-state index contributed by atoms with van der Waals surface area (Å²) < 4.78 is 4.97. The van der Waals surface area contributed by atoms with Crippen LogP contribution < -0.4 is 16.0 Å². The smallest absolute Gasteiger partial charge is 0.338 e. The third-order valence-electron chi connectivity index (χ3n) is 6.42. The summed E-state index contributed by atoms with van der Waals surface area (Å²) in [6, 6.07) is 27.3. The summed E-state index contributed by atoms with van der Waals surface area (Å²) in [5, 5.41) is 19.2. The largest absolute Gasteiger partial charge is 0.462 e. The molecule has 0 saturated heterocycles. The lowest BCUT2D eigenvalue weighted by Gasteiger charge is -2.14. The molecule has 234 valence electrons. The van der Waals surface area contributed by atoms with E-state index < -0.39 is 28.0 Å². The quantitative estimate of drug-likeness (QED) is 0.0537. The van der Waals surface area contributed by atoms with E-state index in [0.29, 0.717) is 22.5 Å². The van der Waals surface area contributed by atoms with Crippen LogP contribution in [0.4, 0.5) is 17.1 Å². The van der Waals surface area contributed by atoms with Gasteiger partial charge in [0.1, 0.15) is 5.70 Å². The molecule has 46 heavy (non-hydrogen) atoms. The normalized spacial score (nSPS) is 11.6. The number of carbonyl (C=O) groups excluding carboxylic acids is 4. The highest BCUT2D eigenvalue weighted by Crippen LogP contribution is 2.26. The maximum absolute atomic E-state index is 13.3. The molecule has 1 unspecified atom stereocenters. The molecule has 1 atom stereocenters. The van der Waals surface area contributed by atoms with E-state index in [2.05, 4.69) is 16.0 Å². The Morgan fingerprint density at radius 3 is 2.09 bits per heavy atom. The van der Waals surface area contributed by atoms with Crippen molar-refractivity contribution in [3.8, 4) is 0 Å². The Kier molecular flexibility index (Phi) is 11.4. The van der Waals surface area contributed by atoms with Gasteiger partial charge in [-0.15, -0.1) is 11.8 Å². The van der Waals surface area contributed by atoms with Crippen LogP contribution in [0.2, 0.25) is 0 Å². The number of rotatable bonds is 12. The number of ether oxygens (including phenoxy) is 1. The molecule has 11 nitrogen and oxygen atoms in total. The van der Waals surface area contributed by atoms with E-state index in [4.69, 9.17) is 4.74 Å². The zero-order chi connectivity index (χ0) is 33.1. The Bertz CT molecular complexity index is 1760. The van der Waals surface area contributed by atoms with Crippen LogP contribution in [0.5, 0.6) is 0 Å². The van der Waals surface area contributed by atoms with E-state index in [0.717, 1.165) is 4.90 Å². The van der Waals surface area contributed by atoms with Gasteiger partial charge >= 0.3 is 5.97 Å². The molecular formula is C34H30N4O7S. The van der Waals surface area contributed by atoms with Crippen molar-refractivity contribution in [3.05, 3.63) is 136 Å². The molecule has 4 aromatic rings. The monoisotopic (exact) mass is 638 g/mol. The van der Waals surface area contributed by atoms with Crippen LogP contribution >= 0.6 is 11.8 Å². The summed E-state index contributed by atoms with van der Waals surface area (Å²) in [6.07, 6.45) is 1.25. The summed E-state index contributed by atoms with van der Waals surface area (Å²) in [5.74, 6) is -1.93. The Morgan fingerprint density at radius 2 is 1.43 bits per heavy atom. The van der Waals surface area contributed by atoms with Crippen molar-refractivity contribution in [2.45, 2.75) is 24.0 Å². The molecular weight excluding hydrogens is 608 g/mol. The maximum atomic E-state index is 13.3. The number of para-hydroxylation sites is 1. The van der Waals surface area contributed by atoms with E-state index >= 15 is 0 Å². The van der Waals surface area contributed by atoms with E-state index in [1.807, 2.05) is 0 Å². The third-order valence-corrected chi connectivity index (χ3v) is 7.53. The minimum absolute atomic E-state index is 0.139. The number of nitro benzene ring substituents is 1. The highest BCUT2D eigenvalue weighted by Gasteiger charge is 2.19. The lowest BCUT2D eigenvalue weighted by atomic mass is 10.1. The molecule has 0 aliphatic heterocycles. The average molecular weight is 639 g/mol. The topological polar surface area (TPSA) is 157 Å². The first-order valence-electron chi connectivity index (χ1n) is 14.1. The first kappa shape index (κ1) is 33.1. The molecule has 0 aliphatic rings.